The van der Waals surface area contributed by atoms with Gasteiger partial charge in [0.1, 0.15) is 5.92 Å². The van der Waals surface area contributed by atoms with E-state index in [-0.39, 0.29) is 11.8 Å². The molecule has 1 aliphatic rings. The van der Waals surface area contributed by atoms with E-state index in [1.54, 1.807) is 47.4 Å². The Morgan fingerprint density at radius 2 is 1.86 bits per heavy atom. The van der Waals surface area contributed by atoms with Crippen molar-refractivity contribution >= 4 is 46.4 Å². The SMILES string of the molecule is CC(C)(C#N)c1ccc(NC(=O)C2CCN(c3ccc(Cl)c(Cl)c3)C2=O)cc1. The minimum Gasteiger partial charge on any atom is -0.325 e. The molecule has 2 aromatic carbocycles. The van der Waals surface area contributed by atoms with Gasteiger partial charge in [-0.25, -0.2) is 0 Å². The van der Waals surface area contributed by atoms with Crippen LogP contribution in [0.25, 0.3) is 0 Å². The van der Waals surface area contributed by atoms with E-state index in [1.165, 1.54) is 0 Å². The standard InChI is InChI=1S/C21H19Cl2N3O2/c1-21(2,12-24)13-3-5-14(6-4-13)25-19(27)16-9-10-26(20(16)28)15-7-8-17(22)18(23)11-15/h3-8,11,16H,9-10H2,1-2H3,(H,25,27). The molecule has 2 aromatic rings. The zero-order valence-electron chi connectivity index (χ0n) is 15.5. The molecule has 1 unspecified atom stereocenters. The molecule has 144 valence electrons. The van der Waals surface area contributed by atoms with Gasteiger partial charge in [0, 0.05) is 17.9 Å². The first-order chi connectivity index (χ1) is 13.2. The Labute approximate surface area is 173 Å². The highest BCUT2D eigenvalue weighted by Gasteiger charge is 2.37. The smallest absolute Gasteiger partial charge is 0.239 e. The van der Waals surface area contributed by atoms with Crippen molar-refractivity contribution < 1.29 is 9.59 Å². The Hall–Kier alpha value is -2.55. The van der Waals surface area contributed by atoms with Crippen molar-refractivity contribution in [3.05, 3.63) is 58.1 Å². The van der Waals surface area contributed by atoms with E-state index < -0.39 is 11.3 Å². The van der Waals surface area contributed by atoms with Crippen LogP contribution in [-0.2, 0) is 15.0 Å². The quantitative estimate of drug-likeness (QED) is 0.729. The zero-order chi connectivity index (χ0) is 20.5. The highest BCUT2D eigenvalue weighted by Crippen LogP contribution is 2.31. The van der Waals surface area contributed by atoms with E-state index in [0.717, 1.165) is 5.56 Å². The number of anilines is 2. The van der Waals surface area contributed by atoms with Gasteiger partial charge in [0.05, 0.1) is 21.5 Å². The fourth-order valence-electron chi connectivity index (χ4n) is 3.10. The lowest BCUT2D eigenvalue weighted by atomic mass is 9.86. The van der Waals surface area contributed by atoms with Crippen molar-refractivity contribution in [2.24, 2.45) is 5.92 Å². The topological polar surface area (TPSA) is 73.2 Å². The summed E-state index contributed by atoms with van der Waals surface area (Å²) < 4.78 is 0. The Bertz CT molecular complexity index is 965. The largest absolute Gasteiger partial charge is 0.325 e. The summed E-state index contributed by atoms with van der Waals surface area (Å²) in [6, 6.07) is 14.3. The predicted molar refractivity (Wildman–Crippen MR) is 111 cm³/mol. The molecule has 0 radical (unpaired) electrons. The van der Waals surface area contributed by atoms with Gasteiger partial charge in [-0.1, -0.05) is 35.3 Å². The molecule has 7 heteroatoms. The van der Waals surface area contributed by atoms with Crippen molar-refractivity contribution in [2.75, 3.05) is 16.8 Å². The molecule has 1 heterocycles. The molecular weight excluding hydrogens is 397 g/mol. The fraction of sp³-hybridized carbons (Fsp3) is 0.286. The number of carbonyl (C=O) groups is 2. The minimum absolute atomic E-state index is 0.266. The van der Waals surface area contributed by atoms with Crippen LogP contribution in [0.2, 0.25) is 10.0 Å². The molecule has 28 heavy (non-hydrogen) atoms. The average molecular weight is 416 g/mol. The van der Waals surface area contributed by atoms with Gasteiger partial charge in [-0.2, -0.15) is 5.26 Å². The van der Waals surface area contributed by atoms with Gasteiger partial charge in [0.25, 0.3) is 0 Å². The summed E-state index contributed by atoms with van der Waals surface area (Å²) in [6.45, 7) is 4.09. The number of rotatable bonds is 4. The van der Waals surface area contributed by atoms with Crippen LogP contribution in [-0.4, -0.2) is 18.4 Å². The molecule has 1 atom stereocenters. The van der Waals surface area contributed by atoms with Crippen LogP contribution in [0.1, 0.15) is 25.8 Å². The summed E-state index contributed by atoms with van der Waals surface area (Å²) in [5.74, 6) is -1.37. The van der Waals surface area contributed by atoms with E-state index in [2.05, 4.69) is 11.4 Å². The zero-order valence-corrected chi connectivity index (χ0v) is 17.0. The van der Waals surface area contributed by atoms with Gasteiger partial charge in [-0.3, -0.25) is 9.59 Å². The molecule has 5 nitrogen and oxygen atoms in total. The molecule has 1 saturated heterocycles. The number of halogens is 2. The second-order valence-corrected chi connectivity index (χ2v) is 8.05. The maximum absolute atomic E-state index is 12.7. The third kappa shape index (κ3) is 3.99. The molecule has 1 N–H and O–H groups in total. The number of nitrogens with zero attached hydrogens (tertiary/aromatic N) is 2. The van der Waals surface area contributed by atoms with Crippen LogP contribution >= 0.6 is 23.2 Å². The van der Waals surface area contributed by atoms with Gasteiger partial charge in [-0.05, 0) is 56.2 Å². The van der Waals surface area contributed by atoms with Gasteiger partial charge in [0.15, 0.2) is 0 Å². The Kier molecular flexibility index (Phi) is 5.64. The average Bonchev–Trinajstić information content (AvgIpc) is 3.06. The van der Waals surface area contributed by atoms with Crippen molar-refractivity contribution in [1.29, 1.82) is 5.26 Å². The fourth-order valence-corrected chi connectivity index (χ4v) is 3.39. The Morgan fingerprint density at radius 3 is 2.46 bits per heavy atom. The number of carbonyl (C=O) groups excluding carboxylic acids is 2. The van der Waals surface area contributed by atoms with E-state index in [4.69, 9.17) is 23.2 Å². The monoisotopic (exact) mass is 415 g/mol. The molecule has 3 rings (SSSR count). The number of hydrogen-bond acceptors (Lipinski definition) is 3. The molecule has 0 saturated carbocycles. The number of hydrogen-bond donors (Lipinski definition) is 1. The van der Waals surface area contributed by atoms with Crippen LogP contribution in [0.15, 0.2) is 42.5 Å². The second-order valence-electron chi connectivity index (χ2n) is 7.23. The van der Waals surface area contributed by atoms with Crippen LogP contribution in [0.5, 0.6) is 0 Å². The summed E-state index contributed by atoms with van der Waals surface area (Å²) >= 11 is 12.0. The lowest BCUT2D eigenvalue weighted by Gasteiger charge is -2.18. The molecule has 0 spiro atoms. The predicted octanol–water partition coefficient (Wildman–Crippen LogP) is 4.79. The normalized spacial score (nSPS) is 16.8. The number of nitriles is 1. The van der Waals surface area contributed by atoms with Gasteiger partial charge in [-0.15, -0.1) is 0 Å². The summed E-state index contributed by atoms with van der Waals surface area (Å²) in [4.78, 5) is 26.9. The first kappa shape index (κ1) is 20.2. The molecule has 0 aromatic heterocycles. The molecule has 0 bridgehead atoms. The van der Waals surface area contributed by atoms with Gasteiger partial charge in [0.2, 0.25) is 11.8 Å². The summed E-state index contributed by atoms with van der Waals surface area (Å²) in [7, 11) is 0. The van der Waals surface area contributed by atoms with Crippen LogP contribution in [0.3, 0.4) is 0 Å². The van der Waals surface area contributed by atoms with Crippen molar-refractivity contribution in [2.45, 2.75) is 25.7 Å². The van der Waals surface area contributed by atoms with E-state index in [9.17, 15) is 14.9 Å². The molecular formula is C21H19Cl2N3O2. The molecule has 1 fully saturated rings. The van der Waals surface area contributed by atoms with E-state index in [0.29, 0.717) is 34.4 Å². The number of amides is 2. The first-order valence-corrected chi connectivity index (χ1v) is 9.57. The highest BCUT2D eigenvalue weighted by molar-refractivity contribution is 6.42. The second kappa shape index (κ2) is 7.83. The lowest BCUT2D eigenvalue weighted by Crippen LogP contribution is -2.33. The van der Waals surface area contributed by atoms with Crippen LogP contribution < -0.4 is 10.2 Å². The van der Waals surface area contributed by atoms with E-state index in [1.807, 2.05) is 13.8 Å². The van der Waals surface area contributed by atoms with Crippen LogP contribution in [0.4, 0.5) is 11.4 Å². The van der Waals surface area contributed by atoms with E-state index >= 15 is 0 Å². The third-order valence-corrected chi connectivity index (χ3v) is 5.63. The van der Waals surface area contributed by atoms with Gasteiger partial charge >= 0.3 is 0 Å². The third-order valence-electron chi connectivity index (χ3n) is 4.89. The van der Waals surface area contributed by atoms with Crippen molar-refractivity contribution in [3.63, 3.8) is 0 Å². The summed E-state index contributed by atoms with van der Waals surface area (Å²) in [6.07, 6.45) is 0.421. The molecule has 2 amide bonds. The Balaban J connectivity index is 1.69. The Morgan fingerprint density at radius 1 is 1.18 bits per heavy atom. The van der Waals surface area contributed by atoms with Crippen molar-refractivity contribution in [3.8, 4) is 6.07 Å². The first-order valence-electron chi connectivity index (χ1n) is 8.82. The molecule has 1 aliphatic heterocycles. The molecule has 0 aliphatic carbocycles. The van der Waals surface area contributed by atoms with Gasteiger partial charge < -0.3 is 10.2 Å². The summed E-state index contributed by atoms with van der Waals surface area (Å²) in [5.41, 5.74) is 1.46. The van der Waals surface area contributed by atoms with Crippen molar-refractivity contribution in [1.82, 2.24) is 0 Å². The maximum atomic E-state index is 12.7. The minimum atomic E-state index is -0.760. The lowest BCUT2D eigenvalue weighted by molar-refractivity contribution is -0.129. The highest BCUT2D eigenvalue weighted by atomic mass is 35.5. The summed E-state index contributed by atoms with van der Waals surface area (Å²) in [5, 5.41) is 12.8. The number of nitrogens with one attached hydrogen (secondary N) is 1. The number of benzene rings is 2. The van der Waals surface area contributed by atoms with Crippen LogP contribution in [0, 0.1) is 17.2 Å². The maximum Gasteiger partial charge on any atom is 0.239 e.